The van der Waals surface area contributed by atoms with Gasteiger partial charge in [-0.2, -0.15) is 0 Å². The van der Waals surface area contributed by atoms with Crippen LogP contribution in [-0.4, -0.2) is 29.9 Å². The molecule has 130 valence electrons. The maximum Gasteiger partial charge on any atom is 0.225 e. The zero-order valence-electron chi connectivity index (χ0n) is 13.8. The van der Waals surface area contributed by atoms with Crippen molar-refractivity contribution in [2.45, 2.75) is 39.7 Å². The van der Waals surface area contributed by atoms with Crippen molar-refractivity contribution in [1.29, 1.82) is 0 Å². The molecule has 2 rings (SSSR count). The summed E-state index contributed by atoms with van der Waals surface area (Å²) in [5.74, 6) is 0.0646. The molecule has 2 unspecified atom stereocenters. The predicted molar refractivity (Wildman–Crippen MR) is 99.5 cm³/mol. The lowest BCUT2D eigenvalue weighted by atomic mass is 9.79. The Kier molecular flexibility index (Phi) is 7.21. The normalized spacial score (nSPS) is 21.5. The predicted octanol–water partition coefficient (Wildman–Crippen LogP) is 4.18. The first-order valence-electron chi connectivity index (χ1n) is 7.69. The van der Waals surface area contributed by atoms with E-state index < -0.39 is 0 Å². The van der Waals surface area contributed by atoms with Gasteiger partial charge < -0.3 is 10.6 Å². The van der Waals surface area contributed by atoms with Crippen LogP contribution in [0.2, 0.25) is 10.0 Å². The van der Waals surface area contributed by atoms with Gasteiger partial charge in [-0.15, -0.1) is 12.4 Å². The van der Waals surface area contributed by atoms with Gasteiger partial charge in [0.1, 0.15) is 0 Å². The van der Waals surface area contributed by atoms with Crippen LogP contribution in [0.5, 0.6) is 0 Å². The van der Waals surface area contributed by atoms with E-state index in [2.05, 4.69) is 13.8 Å². The summed E-state index contributed by atoms with van der Waals surface area (Å²) in [5, 5.41) is 1.23. The summed E-state index contributed by atoms with van der Waals surface area (Å²) in [5.41, 5.74) is 7.06. The van der Waals surface area contributed by atoms with Gasteiger partial charge in [0.2, 0.25) is 5.91 Å². The first-order chi connectivity index (χ1) is 10.2. The van der Waals surface area contributed by atoms with Crippen LogP contribution in [0.15, 0.2) is 18.2 Å². The molecule has 1 fully saturated rings. The van der Waals surface area contributed by atoms with Gasteiger partial charge in [0.25, 0.3) is 0 Å². The first kappa shape index (κ1) is 20.6. The molecule has 1 aromatic carbocycles. The number of carbonyl (C=O) groups is 1. The third kappa shape index (κ3) is 4.99. The second-order valence-electron chi connectivity index (χ2n) is 6.98. The molecule has 2 atom stereocenters. The summed E-state index contributed by atoms with van der Waals surface area (Å²) < 4.78 is 0. The van der Waals surface area contributed by atoms with Crippen molar-refractivity contribution in [3.63, 3.8) is 0 Å². The number of piperidine rings is 1. The number of nitrogens with two attached hydrogens (primary N) is 1. The average Bonchev–Trinajstić information content (AvgIpc) is 2.44. The van der Waals surface area contributed by atoms with Crippen molar-refractivity contribution in [3.05, 3.63) is 33.8 Å². The van der Waals surface area contributed by atoms with Crippen molar-refractivity contribution in [1.82, 2.24) is 4.90 Å². The molecule has 23 heavy (non-hydrogen) atoms. The number of amides is 1. The Morgan fingerprint density at radius 1 is 1.43 bits per heavy atom. The van der Waals surface area contributed by atoms with Gasteiger partial charge in [0, 0.05) is 35.1 Å². The van der Waals surface area contributed by atoms with Crippen LogP contribution in [0.3, 0.4) is 0 Å². The van der Waals surface area contributed by atoms with Gasteiger partial charge in [0.15, 0.2) is 0 Å². The van der Waals surface area contributed by atoms with Gasteiger partial charge >= 0.3 is 0 Å². The molecular formula is C17H25Cl3N2O. The van der Waals surface area contributed by atoms with Crippen molar-refractivity contribution in [3.8, 4) is 0 Å². The van der Waals surface area contributed by atoms with Crippen LogP contribution >= 0.6 is 35.6 Å². The number of hydrogen-bond acceptors (Lipinski definition) is 2. The molecule has 6 heteroatoms. The Bertz CT molecular complexity index is 563. The number of benzene rings is 1. The maximum atomic E-state index is 12.7. The second kappa shape index (κ2) is 8.06. The topological polar surface area (TPSA) is 46.3 Å². The minimum absolute atomic E-state index is 0. The van der Waals surface area contributed by atoms with Gasteiger partial charge in [-0.05, 0) is 36.0 Å². The highest BCUT2D eigenvalue weighted by atomic mass is 35.5. The number of rotatable bonds is 3. The number of carbonyl (C=O) groups excluding carboxylic acids is 1. The summed E-state index contributed by atoms with van der Waals surface area (Å²) in [6.45, 7) is 7.65. The molecule has 3 nitrogen and oxygen atoms in total. The van der Waals surface area contributed by atoms with Crippen molar-refractivity contribution >= 4 is 41.5 Å². The zero-order chi connectivity index (χ0) is 16.5. The van der Waals surface area contributed by atoms with Crippen LogP contribution < -0.4 is 5.73 Å². The van der Waals surface area contributed by atoms with Crippen molar-refractivity contribution in [2.24, 2.45) is 17.1 Å². The third-order valence-corrected chi connectivity index (χ3v) is 5.17. The molecule has 1 aliphatic heterocycles. The Morgan fingerprint density at radius 3 is 2.65 bits per heavy atom. The van der Waals surface area contributed by atoms with E-state index in [1.165, 1.54) is 0 Å². The monoisotopic (exact) mass is 378 g/mol. The highest BCUT2D eigenvalue weighted by Crippen LogP contribution is 2.29. The van der Waals surface area contributed by atoms with E-state index in [1.54, 1.807) is 6.07 Å². The highest BCUT2D eigenvalue weighted by molar-refractivity contribution is 6.35. The smallest absolute Gasteiger partial charge is 0.225 e. The largest absolute Gasteiger partial charge is 0.342 e. The van der Waals surface area contributed by atoms with E-state index in [9.17, 15) is 4.79 Å². The average molecular weight is 380 g/mol. The number of halogens is 3. The molecule has 0 aliphatic carbocycles. The number of nitrogens with zero attached hydrogens (tertiary/aromatic N) is 1. The fourth-order valence-corrected chi connectivity index (χ4v) is 3.46. The zero-order valence-corrected chi connectivity index (χ0v) is 16.1. The minimum atomic E-state index is -0.108. The number of likely N-dealkylation sites (tertiary alicyclic amines) is 1. The summed E-state index contributed by atoms with van der Waals surface area (Å²) >= 11 is 12.1. The lowest BCUT2D eigenvalue weighted by Crippen LogP contribution is -2.55. The molecule has 0 aromatic heterocycles. The van der Waals surface area contributed by atoms with Crippen LogP contribution in [0.4, 0.5) is 0 Å². The molecule has 0 saturated carbocycles. The summed E-state index contributed by atoms with van der Waals surface area (Å²) in [6, 6.07) is 5.57. The summed E-state index contributed by atoms with van der Waals surface area (Å²) in [7, 11) is 0. The van der Waals surface area contributed by atoms with E-state index in [0.29, 0.717) is 23.0 Å². The highest BCUT2D eigenvalue weighted by Gasteiger charge is 2.36. The second-order valence-corrected chi connectivity index (χ2v) is 7.83. The quantitative estimate of drug-likeness (QED) is 0.856. The van der Waals surface area contributed by atoms with E-state index in [4.69, 9.17) is 28.9 Å². The van der Waals surface area contributed by atoms with Crippen molar-refractivity contribution < 1.29 is 4.79 Å². The summed E-state index contributed by atoms with van der Waals surface area (Å²) in [6.07, 6.45) is 1.48. The maximum absolute atomic E-state index is 12.7. The van der Waals surface area contributed by atoms with Gasteiger partial charge in [-0.3, -0.25) is 4.79 Å². The first-order valence-corrected chi connectivity index (χ1v) is 8.44. The molecular weight excluding hydrogens is 355 g/mol. The van der Waals surface area contributed by atoms with Gasteiger partial charge in [-0.1, -0.05) is 50.0 Å². The van der Waals surface area contributed by atoms with Gasteiger partial charge in [0.05, 0.1) is 0 Å². The molecule has 0 spiro atoms. The lowest BCUT2D eigenvalue weighted by molar-refractivity contribution is -0.138. The van der Waals surface area contributed by atoms with E-state index >= 15 is 0 Å². The molecule has 1 aliphatic rings. The van der Waals surface area contributed by atoms with E-state index in [0.717, 1.165) is 18.5 Å². The van der Waals surface area contributed by atoms with Crippen LogP contribution in [0.25, 0.3) is 0 Å². The Morgan fingerprint density at radius 2 is 2.09 bits per heavy atom. The lowest BCUT2D eigenvalue weighted by Gasteiger charge is -2.43. The molecule has 1 heterocycles. The molecule has 1 saturated heterocycles. The van der Waals surface area contributed by atoms with E-state index in [-0.39, 0.29) is 35.7 Å². The Hall–Kier alpha value is -0.480. The van der Waals surface area contributed by atoms with Crippen LogP contribution in [0, 0.1) is 11.3 Å². The molecule has 0 bridgehead atoms. The minimum Gasteiger partial charge on any atom is -0.342 e. The fraction of sp³-hybridized carbons (Fsp3) is 0.588. The third-order valence-electron chi connectivity index (χ3n) is 4.59. The van der Waals surface area contributed by atoms with Crippen molar-refractivity contribution in [2.75, 3.05) is 13.1 Å². The SMILES string of the molecule is CC(Cc1ccc(Cl)cc1Cl)C(=O)N1CCC(N)C(C)(C)C1.Cl. The molecule has 2 N–H and O–H groups in total. The fourth-order valence-electron chi connectivity index (χ4n) is 2.98. The number of hydrogen-bond donors (Lipinski definition) is 1. The van der Waals surface area contributed by atoms with E-state index in [1.807, 2.05) is 24.0 Å². The standard InChI is InChI=1S/C17H24Cl2N2O.ClH/c1-11(8-12-4-5-13(18)9-14(12)19)16(22)21-7-6-15(20)17(2,3)10-21;/h4-5,9,11,15H,6-8,10,20H2,1-3H3;1H. The van der Waals surface area contributed by atoms with Crippen LogP contribution in [-0.2, 0) is 11.2 Å². The van der Waals surface area contributed by atoms with Crippen LogP contribution in [0.1, 0.15) is 32.8 Å². The molecule has 0 radical (unpaired) electrons. The summed E-state index contributed by atoms with van der Waals surface area (Å²) in [4.78, 5) is 14.6. The Balaban J connectivity index is 0.00000264. The van der Waals surface area contributed by atoms with Gasteiger partial charge in [-0.25, -0.2) is 0 Å². The Labute approximate surface area is 154 Å². The molecule has 1 amide bonds. The molecule has 1 aromatic rings.